The second-order valence-electron chi connectivity index (χ2n) is 7.82. The SMILES string of the molecule is CCCS(=O)(=O)Nc1ccc(F)c(C(=O)Nc2cnc3[nH]cc(C4C=C(F)C=CC4)c3c2)c1F. The zero-order chi connectivity index (χ0) is 24.5. The van der Waals surface area contributed by atoms with Crippen LogP contribution < -0.4 is 10.0 Å². The number of rotatable bonds is 7. The van der Waals surface area contributed by atoms with Crippen LogP contribution >= 0.6 is 0 Å². The number of pyridine rings is 1. The molecule has 0 saturated heterocycles. The largest absolute Gasteiger partial charge is 0.346 e. The van der Waals surface area contributed by atoms with Crippen molar-refractivity contribution in [3.63, 3.8) is 0 Å². The van der Waals surface area contributed by atoms with E-state index in [1.807, 2.05) is 4.72 Å². The van der Waals surface area contributed by atoms with E-state index in [1.54, 1.807) is 25.3 Å². The van der Waals surface area contributed by atoms with E-state index in [0.29, 0.717) is 23.9 Å². The van der Waals surface area contributed by atoms with Crippen LogP contribution in [-0.4, -0.2) is 30.0 Å². The minimum Gasteiger partial charge on any atom is -0.346 e. The Morgan fingerprint density at radius 2 is 2.06 bits per heavy atom. The van der Waals surface area contributed by atoms with Crippen molar-refractivity contribution < 1.29 is 26.4 Å². The third-order valence-electron chi connectivity index (χ3n) is 5.30. The highest BCUT2D eigenvalue weighted by molar-refractivity contribution is 7.92. The second-order valence-corrected chi connectivity index (χ2v) is 9.66. The van der Waals surface area contributed by atoms with E-state index in [-0.39, 0.29) is 23.2 Å². The first-order chi connectivity index (χ1) is 16.2. The number of amides is 1. The molecule has 1 unspecified atom stereocenters. The van der Waals surface area contributed by atoms with Crippen LogP contribution in [0.15, 0.2) is 54.6 Å². The number of allylic oxidation sites excluding steroid dienone is 4. The molecule has 3 N–H and O–H groups in total. The molecule has 3 aromatic rings. The van der Waals surface area contributed by atoms with Crippen molar-refractivity contribution in [3.05, 3.63) is 77.4 Å². The number of aromatic amines is 1. The summed E-state index contributed by atoms with van der Waals surface area (Å²) in [4.78, 5) is 19.9. The van der Waals surface area contributed by atoms with Crippen molar-refractivity contribution in [1.82, 2.24) is 9.97 Å². The average Bonchev–Trinajstić information content (AvgIpc) is 3.19. The minimum absolute atomic E-state index is 0.157. The molecule has 0 fully saturated rings. The number of nitrogens with one attached hydrogen (secondary N) is 3. The molecule has 1 atom stereocenters. The highest BCUT2D eigenvalue weighted by Gasteiger charge is 2.24. The van der Waals surface area contributed by atoms with Gasteiger partial charge >= 0.3 is 0 Å². The Morgan fingerprint density at radius 3 is 2.79 bits per heavy atom. The van der Waals surface area contributed by atoms with Gasteiger partial charge in [-0.2, -0.15) is 0 Å². The van der Waals surface area contributed by atoms with Crippen molar-refractivity contribution in [2.45, 2.75) is 25.7 Å². The van der Waals surface area contributed by atoms with Gasteiger partial charge in [0.25, 0.3) is 5.91 Å². The summed E-state index contributed by atoms with van der Waals surface area (Å²) in [5, 5.41) is 3.01. The fourth-order valence-electron chi connectivity index (χ4n) is 3.78. The Balaban J connectivity index is 1.63. The molecule has 1 aliphatic rings. The average molecular weight is 491 g/mol. The standard InChI is InChI=1S/C23H21F3N4O3S/c1-2-8-34(32,33)30-19-7-6-18(25)20(21(19)26)23(31)29-15-10-16-17(12-28-22(16)27-11-15)13-4-3-5-14(24)9-13/h3,5-7,9-13,30H,2,4,8H2,1H3,(H,27,28)(H,29,31). The minimum atomic E-state index is -3.85. The van der Waals surface area contributed by atoms with Crippen molar-refractivity contribution in [2.75, 3.05) is 15.8 Å². The zero-order valence-electron chi connectivity index (χ0n) is 18.0. The summed E-state index contributed by atoms with van der Waals surface area (Å²) in [6, 6.07) is 3.30. The van der Waals surface area contributed by atoms with Crippen LogP contribution in [0.5, 0.6) is 0 Å². The molecule has 11 heteroatoms. The lowest BCUT2D eigenvalue weighted by atomic mass is 9.92. The number of sulfonamides is 1. The summed E-state index contributed by atoms with van der Waals surface area (Å²) in [6.45, 7) is 1.64. The Labute approximate surface area is 193 Å². The van der Waals surface area contributed by atoms with Gasteiger partial charge in [-0.05, 0) is 48.8 Å². The van der Waals surface area contributed by atoms with E-state index in [9.17, 15) is 26.4 Å². The van der Waals surface area contributed by atoms with Crippen LogP contribution in [0.4, 0.5) is 24.5 Å². The molecule has 2 heterocycles. The Hall–Kier alpha value is -3.60. The molecule has 1 aromatic carbocycles. The van der Waals surface area contributed by atoms with Gasteiger partial charge in [-0.25, -0.2) is 26.6 Å². The van der Waals surface area contributed by atoms with E-state index >= 15 is 0 Å². The lowest BCUT2D eigenvalue weighted by Gasteiger charge is -2.14. The Bertz CT molecular complexity index is 1430. The number of carbonyl (C=O) groups is 1. The molecular weight excluding hydrogens is 469 g/mol. The van der Waals surface area contributed by atoms with E-state index in [0.717, 1.165) is 17.7 Å². The first-order valence-corrected chi connectivity index (χ1v) is 12.1. The number of hydrogen-bond donors (Lipinski definition) is 3. The van der Waals surface area contributed by atoms with Crippen molar-refractivity contribution in [2.24, 2.45) is 0 Å². The molecular formula is C23H21F3N4O3S. The highest BCUT2D eigenvalue weighted by atomic mass is 32.2. The zero-order valence-corrected chi connectivity index (χ0v) is 18.8. The van der Waals surface area contributed by atoms with Crippen LogP contribution in [-0.2, 0) is 10.0 Å². The van der Waals surface area contributed by atoms with Crippen molar-refractivity contribution in [3.8, 4) is 0 Å². The van der Waals surface area contributed by atoms with Gasteiger partial charge < -0.3 is 10.3 Å². The number of H-pyrrole nitrogens is 1. The van der Waals surface area contributed by atoms with E-state index < -0.39 is 38.8 Å². The number of benzene rings is 1. The molecule has 4 rings (SSSR count). The maximum atomic E-state index is 14.9. The highest BCUT2D eigenvalue weighted by Crippen LogP contribution is 2.33. The monoisotopic (exact) mass is 490 g/mol. The molecule has 0 saturated carbocycles. The van der Waals surface area contributed by atoms with Crippen LogP contribution in [0.1, 0.15) is 41.6 Å². The third-order valence-corrected chi connectivity index (χ3v) is 6.78. The van der Waals surface area contributed by atoms with Gasteiger partial charge in [-0.15, -0.1) is 0 Å². The number of hydrogen-bond acceptors (Lipinski definition) is 4. The smallest absolute Gasteiger partial charge is 0.261 e. The van der Waals surface area contributed by atoms with Gasteiger partial charge in [-0.3, -0.25) is 9.52 Å². The molecule has 0 radical (unpaired) electrons. The van der Waals surface area contributed by atoms with Crippen LogP contribution in [0, 0.1) is 11.6 Å². The van der Waals surface area contributed by atoms with Gasteiger partial charge in [-0.1, -0.05) is 13.0 Å². The topological polar surface area (TPSA) is 104 Å². The number of halogens is 3. The number of nitrogens with zero attached hydrogens (tertiary/aromatic N) is 1. The quantitative estimate of drug-likeness (QED) is 0.427. The van der Waals surface area contributed by atoms with Gasteiger partial charge in [0.15, 0.2) is 5.82 Å². The van der Waals surface area contributed by atoms with Crippen LogP contribution in [0.2, 0.25) is 0 Å². The summed E-state index contributed by atoms with van der Waals surface area (Å²) in [7, 11) is -3.85. The number of anilines is 2. The summed E-state index contributed by atoms with van der Waals surface area (Å²) in [5.74, 6) is -4.46. The lowest BCUT2D eigenvalue weighted by Crippen LogP contribution is -2.20. The molecule has 2 aromatic heterocycles. The van der Waals surface area contributed by atoms with E-state index in [2.05, 4.69) is 15.3 Å². The number of carbonyl (C=O) groups excluding carboxylic acids is 1. The van der Waals surface area contributed by atoms with Crippen LogP contribution in [0.25, 0.3) is 11.0 Å². The Morgan fingerprint density at radius 1 is 1.26 bits per heavy atom. The fourth-order valence-corrected chi connectivity index (χ4v) is 4.91. The molecule has 1 amide bonds. The molecule has 1 aliphatic carbocycles. The first kappa shape index (κ1) is 23.6. The second kappa shape index (κ2) is 9.34. The van der Waals surface area contributed by atoms with Gasteiger partial charge in [0.1, 0.15) is 22.9 Å². The van der Waals surface area contributed by atoms with Crippen LogP contribution in [0.3, 0.4) is 0 Å². The maximum Gasteiger partial charge on any atom is 0.261 e. The third kappa shape index (κ3) is 4.84. The van der Waals surface area contributed by atoms with E-state index in [1.165, 1.54) is 18.3 Å². The molecule has 34 heavy (non-hydrogen) atoms. The van der Waals surface area contributed by atoms with Crippen molar-refractivity contribution in [1.29, 1.82) is 0 Å². The van der Waals surface area contributed by atoms with E-state index in [4.69, 9.17) is 0 Å². The summed E-state index contributed by atoms with van der Waals surface area (Å²) >= 11 is 0. The predicted octanol–water partition coefficient (Wildman–Crippen LogP) is 5.14. The molecule has 0 aliphatic heterocycles. The summed E-state index contributed by atoms with van der Waals surface area (Å²) in [5.41, 5.74) is -0.0528. The first-order valence-electron chi connectivity index (χ1n) is 10.5. The normalized spacial score (nSPS) is 15.9. The molecule has 0 bridgehead atoms. The maximum absolute atomic E-state index is 14.9. The fraction of sp³-hybridized carbons (Fsp3) is 0.217. The van der Waals surface area contributed by atoms with Gasteiger partial charge in [0.2, 0.25) is 10.0 Å². The van der Waals surface area contributed by atoms with Gasteiger partial charge in [0.05, 0.1) is 23.3 Å². The Kier molecular flexibility index (Phi) is 6.47. The molecule has 0 spiro atoms. The number of fused-ring (bicyclic) bond motifs is 1. The lowest BCUT2D eigenvalue weighted by molar-refractivity contribution is 0.101. The summed E-state index contributed by atoms with van der Waals surface area (Å²) in [6.07, 6.45) is 8.45. The predicted molar refractivity (Wildman–Crippen MR) is 124 cm³/mol. The molecule has 7 nitrogen and oxygen atoms in total. The van der Waals surface area contributed by atoms with Gasteiger partial charge in [0, 0.05) is 17.5 Å². The number of aromatic nitrogens is 2. The molecule has 178 valence electrons. The summed E-state index contributed by atoms with van der Waals surface area (Å²) < 4.78 is 69.0. The van der Waals surface area contributed by atoms with Crippen molar-refractivity contribution >= 4 is 38.3 Å².